The van der Waals surface area contributed by atoms with Gasteiger partial charge >= 0.3 is 5.97 Å². The van der Waals surface area contributed by atoms with E-state index in [1.165, 1.54) is 26.1 Å². The zero-order chi connectivity index (χ0) is 13.4. The highest BCUT2D eigenvalue weighted by Crippen LogP contribution is 2.29. The van der Waals surface area contributed by atoms with Crippen molar-refractivity contribution in [3.05, 3.63) is 18.0 Å². The van der Waals surface area contributed by atoms with Gasteiger partial charge in [0.05, 0.1) is 13.7 Å². The Morgan fingerprint density at radius 3 is 2.78 bits per heavy atom. The van der Waals surface area contributed by atoms with Crippen molar-refractivity contribution in [1.29, 1.82) is 0 Å². The molecule has 0 fully saturated rings. The number of methoxy groups -OCH3 is 1. The summed E-state index contributed by atoms with van der Waals surface area (Å²) in [7, 11) is 1.41. The third-order valence-corrected chi connectivity index (χ3v) is 2.53. The van der Waals surface area contributed by atoms with Gasteiger partial charge in [-0.3, -0.25) is 0 Å². The fourth-order valence-electron chi connectivity index (χ4n) is 1.60. The quantitative estimate of drug-likeness (QED) is 0.721. The molecule has 0 saturated heterocycles. The predicted molar refractivity (Wildman–Crippen MR) is 67.4 cm³/mol. The van der Waals surface area contributed by atoms with Crippen molar-refractivity contribution in [3.63, 3.8) is 0 Å². The molecule has 5 nitrogen and oxygen atoms in total. The summed E-state index contributed by atoms with van der Waals surface area (Å²) in [6.07, 6.45) is 5.81. The first-order valence-corrected chi connectivity index (χ1v) is 6.09. The molecule has 0 aliphatic carbocycles. The number of aromatic carboxylic acids is 1. The molecule has 0 aliphatic rings. The highest BCUT2D eigenvalue weighted by atomic mass is 16.5. The molecule has 100 valence electrons. The topological polar surface area (TPSA) is 68.7 Å². The summed E-state index contributed by atoms with van der Waals surface area (Å²) in [4.78, 5) is 14.7. The van der Waals surface area contributed by atoms with Gasteiger partial charge in [-0.15, -0.1) is 0 Å². The van der Waals surface area contributed by atoms with Crippen LogP contribution in [-0.2, 0) is 0 Å². The number of unbranched alkanes of at least 4 members (excludes halogenated alkanes) is 3. The normalized spacial score (nSPS) is 10.1. The van der Waals surface area contributed by atoms with Crippen LogP contribution in [-0.4, -0.2) is 29.8 Å². The maximum Gasteiger partial charge on any atom is 0.358 e. The van der Waals surface area contributed by atoms with Gasteiger partial charge < -0.3 is 14.6 Å². The van der Waals surface area contributed by atoms with Gasteiger partial charge in [-0.2, -0.15) is 0 Å². The molecule has 0 atom stereocenters. The summed E-state index contributed by atoms with van der Waals surface area (Å²) in [5.74, 6) is -0.509. The summed E-state index contributed by atoms with van der Waals surface area (Å²) in [6.45, 7) is 2.70. The van der Waals surface area contributed by atoms with Crippen molar-refractivity contribution in [3.8, 4) is 11.5 Å². The number of hydrogen-bond donors (Lipinski definition) is 1. The lowest BCUT2D eigenvalue weighted by Crippen LogP contribution is -2.06. The van der Waals surface area contributed by atoms with Gasteiger partial charge in [0.15, 0.2) is 17.2 Å². The Morgan fingerprint density at radius 1 is 1.39 bits per heavy atom. The van der Waals surface area contributed by atoms with Crippen LogP contribution in [0.25, 0.3) is 0 Å². The first-order valence-electron chi connectivity index (χ1n) is 6.09. The molecule has 0 aromatic carbocycles. The first kappa shape index (κ1) is 14.3. The van der Waals surface area contributed by atoms with Crippen molar-refractivity contribution in [2.75, 3.05) is 13.7 Å². The Labute approximate surface area is 107 Å². The summed E-state index contributed by atoms with van der Waals surface area (Å²) in [6, 6.07) is 1.62. The molecule has 0 amide bonds. The number of hydrogen-bond acceptors (Lipinski definition) is 4. The first-order chi connectivity index (χ1) is 8.70. The average Bonchev–Trinajstić information content (AvgIpc) is 2.38. The Balaban J connectivity index is 2.64. The van der Waals surface area contributed by atoms with Crippen molar-refractivity contribution >= 4 is 5.97 Å². The van der Waals surface area contributed by atoms with Crippen LogP contribution < -0.4 is 9.47 Å². The standard InChI is InChI=1S/C13H19NO4/c1-3-4-5-6-9-18-10-7-8-14-11(13(15)16)12(10)17-2/h7-8H,3-6,9H2,1-2H3,(H,15,16). The molecule has 1 N–H and O–H groups in total. The van der Waals surface area contributed by atoms with Crippen molar-refractivity contribution in [1.82, 2.24) is 4.98 Å². The minimum absolute atomic E-state index is 0.122. The van der Waals surface area contributed by atoms with E-state index in [1.54, 1.807) is 6.07 Å². The van der Waals surface area contributed by atoms with Crippen LogP contribution in [0.5, 0.6) is 11.5 Å². The van der Waals surface area contributed by atoms with Gasteiger partial charge in [-0.25, -0.2) is 9.78 Å². The van der Waals surface area contributed by atoms with E-state index in [0.29, 0.717) is 12.4 Å². The van der Waals surface area contributed by atoms with Gasteiger partial charge in [0.1, 0.15) is 0 Å². The molecular formula is C13H19NO4. The van der Waals surface area contributed by atoms with Crippen LogP contribution in [0, 0.1) is 0 Å². The van der Waals surface area contributed by atoms with Crippen LogP contribution >= 0.6 is 0 Å². The minimum Gasteiger partial charge on any atom is -0.491 e. The predicted octanol–water partition coefficient (Wildman–Crippen LogP) is 2.75. The molecule has 0 radical (unpaired) electrons. The van der Waals surface area contributed by atoms with Crippen LogP contribution in [0.2, 0.25) is 0 Å². The Kier molecular flexibility index (Phi) is 5.97. The van der Waals surface area contributed by atoms with E-state index in [1.807, 2.05) is 0 Å². The van der Waals surface area contributed by atoms with Crippen molar-refractivity contribution < 1.29 is 19.4 Å². The van der Waals surface area contributed by atoms with Gasteiger partial charge in [0.25, 0.3) is 0 Å². The molecule has 0 aliphatic heterocycles. The minimum atomic E-state index is -1.12. The van der Waals surface area contributed by atoms with Gasteiger partial charge in [-0.05, 0) is 6.42 Å². The molecule has 5 heteroatoms. The number of nitrogens with zero attached hydrogens (tertiary/aromatic N) is 1. The lowest BCUT2D eigenvalue weighted by atomic mass is 10.2. The highest BCUT2D eigenvalue weighted by Gasteiger charge is 2.17. The number of carbonyl (C=O) groups is 1. The summed E-state index contributed by atoms with van der Waals surface area (Å²) in [5, 5.41) is 8.96. The maximum atomic E-state index is 10.9. The number of aromatic nitrogens is 1. The number of carboxylic acid groups (broad SMARTS) is 1. The van der Waals surface area contributed by atoms with Gasteiger partial charge in [-0.1, -0.05) is 26.2 Å². The lowest BCUT2D eigenvalue weighted by molar-refractivity contribution is 0.0685. The van der Waals surface area contributed by atoms with E-state index in [-0.39, 0.29) is 11.4 Å². The number of ether oxygens (including phenoxy) is 2. The second-order valence-electron chi connectivity index (χ2n) is 3.91. The van der Waals surface area contributed by atoms with E-state index in [4.69, 9.17) is 14.6 Å². The molecule has 0 spiro atoms. The number of carboxylic acids is 1. The van der Waals surface area contributed by atoms with E-state index in [9.17, 15) is 4.79 Å². The fraction of sp³-hybridized carbons (Fsp3) is 0.538. The molecule has 1 heterocycles. The molecule has 1 rings (SSSR count). The zero-order valence-corrected chi connectivity index (χ0v) is 10.8. The van der Waals surface area contributed by atoms with E-state index in [0.717, 1.165) is 12.8 Å². The summed E-state index contributed by atoms with van der Waals surface area (Å²) >= 11 is 0. The Hall–Kier alpha value is -1.78. The molecule has 1 aromatic heterocycles. The van der Waals surface area contributed by atoms with Crippen LogP contribution in [0.4, 0.5) is 0 Å². The second kappa shape index (κ2) is 7.53. The number of pyridine rings is 1. The van der Waals surface area contributed by atoms with Gasteiger partial charge in [0.2, 0.25) is 0 Å². The molecule has 0 bridgehead atoms. The van der Waals surface area contributed by atoms with E-state index >= 15 is 0 Å². The molecule has 18 heavy (non-hydrogen) atoms. The van der Waals surface area contributed by atoms with Gasteiger partial charge in [0, 0.05) is 12.3 Å². The Bertz CT molecular complexity index is 393. The lowest BCUT2D eigenvalue weighted by Gasteiger charge is -2.11. The maximum absolute atomic E-state index is 10.9. The molecule has 0 saturated carbocycles. The third-order valence-electron chi connectivity index (χ3n) is 2.53. The SMILES string of the molecule is CCCCCCOc1ccnc(C(=O)O)c1OC. The van der Waals surface area contributed by atoms with E-state index < -0.39 is 5.97 Å². The Morgan fingerprint density at radius 2 is 2.17 bits per heavy atom. The summed E-state index contributed by atoms with van der Waals surface area (Å²) < 4.78 is 10.6. The van der Waals surface area contributed by atoms with Crippen LogP contribution in [0.15, 0.2) is 12.3 Å². The average molecular weight is 253 g/mol. The third kappa shape index (κ3) is 3.91. The summed E-state index contributed by atoms with van der Waals surface area (Å²) in [5.41, 5.74) is -0.122. The fourth-order valence-corrected chi connectivity index (χ4v) is 1.60. The second-order valence-corrected chi connectivity index (χ2v) is 3.91. The zero-order valence-electron chi connectivity index (χ0n) is 10.8. The number of rotatable bonds is 8. The van der Waals surface area contributed by atoms with Crippen LogP contribution in [0.1, 0.15) is 43.1 Å². The molecule has 1 aromatic rings. The van der Waals surface area contributed by atoms with Crippen molar-refractivity contribution in [2.24, 2.45) is 0 Å². The smallest absolute Gasteiger partial charge is 0.358 e. The molecular weight excluding hydrogens is 234 g/mol. The van der Waals surface area contributed by atoms with Crippen molar-refractivity contribution in [2.45, 2.75) is 32.6 Å². The van der Waals surface area contributed by atoms with Crippen LogP contribution in [0.3, 0.4) is 0 Å². The monoisotopic (exact) mass is 253 g/mol. The van der Waals surface area contributed by atoms with E-state index in [2.05, 4.69) is 11.9 Å². The molecule has 0 unspecified atom stereocenters. The largest absolute Gasteiger partial charge is 0.491 e. The highest BCUT2D eigenvalue weighted by molar-refractivity contribution is 5.89.